The first-order valence-corrected chi connectivity index (χ1v) is 8.13. The van der Waals surface area contributed by atoms with E-state index in [9.17, 15) is 10.1 Å². The van der Waals surface area contributed by atoms with E-state index in [0.29, 0.717) is 23.3 Å². The molecule has 0 aromatic heterocycles. The Hall–Kier alpha value is -2.35. The summed E-state index contributed by atoms with van der Waals surface area (Å²) in [6.45, 7) is 2.09. The minimum atomic E-state index is -1.92. The summed E-state index contributed by atoms with van der Waals surface area (Å²) < 4.78 is 14.5. The van der Waals surface area contributed by atoms with Crippen LogP contribution in [-0.4, -0.2) is 23.6 Å². The molecule has 0 N–H and O–H groups in total. The summed E-state index contributed by atoms with van der Waals surface area (Å²) in [7, 11) is 0. The third kappa shape index (κ3) is 2.77. The fourth-order valence-corrected chi connectivity index (χ4v) is 3.25. The number of carbonyl (C=O) groups is 1. The molecule has 0 saturated heterocycles. The Morgan fingerprint density at radius 2 is 1.88 bits per heavy atom. The molecule has 1 aliphatic rings. The number of benzene rings is 2. The van der Waals surface area contributed by atoms with Gasteiger partial charge in [-0.2, -0.15) is 5.26 Å². The molecule has 1 aliphatic heterocycles. The molecule has 0 saturated carbocycles. The van der Waals surface area contributed by atoms with Crippen LogP contribution in [0.1, 0.15) is 41.2 Å². The second-order valence-corrected chi connectivity index (χ2v) is 5.81. The number of carbonyl (C=O) groups excluding carboxylic acids is 1. The van der Waals surface area contributed by atoms with Crippen LogP contribution in [0.5, 0.6) is 0 Å². The monoisotopic (exact) mass is 341 g/mol. The first-order valence-electron chi connectivity index (χ1n) is 8.19. The van der Waals surface area contributed by atoms with Crippen LogP contribution >= 0.6 is 11.6 Å². The number of rotatable bonds is 3. The highest BCUT2D eigenvalue weighted by molar-refractivity contribution is 6.21. The summed E-state index contributed by atoms with van der Waals surface area (Å²) in [4.78, 5) is 14.3. The first-order chi connectivity index (χ1) is 12.0. The van der Waals surface area contributed by atoms with Gasteiger partial charge in [0.2, 0.25) is 0 Å². The number of nitriles is 1. The summed E-state index contributed by atoms with van der Waals surface area (Å²) >= 11 is 6.59. The van der Waals surface area contributed by atoms with E-state index < -0.39 is 23.5 Å². The molecule has 5 heteroatoms. The zero-order valence-electron chi connectivity index (χ0n) is 14.1. The predicted molar refractivity (Wildman–Crippen MR) is 91.4 cm³/mol. The minimum absolute atomic E-state index is 0.302. The molecule has 0 bridgehead atoms. The fourth-order valence-electron chi connectivity index (χ4n) is 2.88. The Labute approximate surface area is 147 Å². The molecule has 3 atom stereocenters. The summed E-state index contributed by atoms with van der Waals surface area (Å²) in [5.41, 5.74) is 1.41. The zero-order valence-corrected chi connectivity index (χ0v) is 13.9. The van der Waals surface area contributed by atoms with E-state index in [-0.39, 0.29) is 0 Å². The Kier molecular flexibility index (Phi) is 4.46. The third-order valence-corrected chi connectivity index (χ3v) is 4.39. The zero-order chi connectivity index (χ0) is 18.0. The van der Waals surface area contributed by atoms with Gasteiger partial charge in [-0.3, -0.25) is 9.69 Å². The quantitative estimate of drug-likeness (QED) is 0.791. The van der Waals surface area contributed by atoms with E-state index in [2.05, 4.69) is 0 Å². The van der Waals surface area contributed by atoms with Gasteiger partial charge in [-0.1, -0.05) is 42.5 Å². The summed E-state index contributed by atoms with van der Waals surface area (Å²) in [6.07, 6.45) is -0.911. The molecule has 122 valence electrons. The van der Waals surface area contributed by atoms with Crippen molar-refractivity contribution >= 4 is 17.5 Å². The van der Waals surface area contributed by atoms with Crippen molar-refractivity contribution in [2.24, 2.45) is 0 Å². The van der Waals surface area contributed by atoms with E-state index in [4.69, 9.17) is 17.7 Å². The Balaban J connectivity index is 2.19. The average Bonchev–Trinajstić information content (AvgIpc) is 2.66. The Morgan fingerprint density at radius 1 is 1.25 bits per heavy atom. The molecule has 0 spiro atoms. The third-order valence-electron chi connectivity index (χ3n) is 3.94. The van der Waals surface area contributed by atoms with Gasteiger partial charge in [0.1, 0.15) is 11.4 Å². The van der Waals surface area contributed by atoms with Crippen LogP contribution in [0.25, 0.3) is 0 Å². The standard InChI is InChI=1S/C19H17ClN2O2/c1-2-24-19-17(20)15-11-7-6-10-14(15)16(12-21)22(19)18(23)13-8-4-3-5-9-13/h3-11,16-17,19H,2H2,1H3/i16D. The predicted octanol–water partition coefficient (Wildman–Crippen LogP) is 4.05. The van der Waals surface area contributed by atoms with Gasteiger partial charge in [0.15, 0.2) is 6.23 Å². The minimum Gasteiger partial charge on any atom is -0.357 e. The molecule has 0 fully saturated rings. The number of fused-ring (bicyclic) bond motifs is 1. The largest absolute Gasteiger partial charge is 0.357 e. The van der Waals surface area contributed by atoms with Crippen LogP contribution in [-0.2, 0) is 4.74 Å². The van der Waals surface area contributed by atoms with Gasteiger partial charge in [0.05, 0.1) is 7.44 Å². The van der Waals surface area contributed by atoms with Crippen LogP contribution < -0.4 is 0 Å². The number of nitrogens with zero attached hydrogens (tertiary/aromatic N) is 2. The second kappa shape index (κ2) is 7.04. The topological polar surface area (TPSA) is 53.3 Å². The molecule has 24 heavy (non-hydrogen) atoms. The van der Waals surface area contributed by atoms with Gasteiger partial charge >= 0.3 is 0 Å². The fraction of sp³-hybridized carbons (Fsp3) is 0.263. The first kappa shape index (κ1) is 15.2. The number of alkyl halides is 1. The summed E-state index contributed by atoms with van der Waals surface area (Å²) in [5, 5.41) is 9.13. The van der Waals surface area contributed by atoms with E-state index in [0.717, 1.165) is 4.90 Å². The maximum Gasteiger partial charge on any atom is 0.257 e. The van der Waals surface area contributed by atoms with Crippen molar-refractivity contribution in [2.75, 3.05) is 6.61 Å². The lowest BCUT2D eigenvalue weighted by Gasteiger charge is -2.42. The molecule has 1 heterocycles. The van der Waals surface area contributed by atoms with Gasteiger partial charge in [0.25, 0.3) is 5.91 Å². The van der Waals surface area contributed by atoms with Crippen LogP contribution in [0.4, 0.5) is 0 Å². The Morgan fingerprint density at radius 3 is 2.50 bits per heavy atom. The second-order valence-electron chi connectivity index (χ2n) is 5.34. The highest BCUT2D eigenvalue weighted by Crippen LogP contribution is 2.43. The van der Waals surface area contributed by atoms with Crippen molar-refractivity contribution in [1.29, 1.82) is 5.26 Å². The molecular weight excluding hydrogens is 324 g/mol. The molecular formula is C19H17ClN2O2. The van der Waals surface area contributed by atoms with Crippen LogP contribution in [0.2, 0.25) is 0 Å². The number of hydrogen-bond acceptors (Lipinski definition) is 3. The normalized spacial score (nSPS) is 26.2. The molecule has 0 aliphatic carbocycles. The van der Waals surface area contributed by atoms with Gasteiger partial charge in [0, 0.05) is 12.2 Å². The molecule has 2 aromatic rings. The van der Waals surface area contributed by atoms with Crippen molar-refractivity contribution in [1.82, 2.24) is 4.90 Å². The van der Waals surface area contributed by atoms with Crippen molar-refractivity contribution in [2.45, 2.75) is 24.5 Å². The maximum absolute atomic E-state index is 13.1. The van der Waals surface area contributed by atoms with E-state index in [1.165, 1.54) is 0 Å². The lowest BCUT2D eigenvalue weighted by molar-refractivity contribution is -0.0588. The summed E-state index contributed by atoms with van der Waals surface area (Å²) in [6, 6.07) is 15.6. The van der Waals surface area contributed by atoms with E-state index >= 15 is 0 Å². The van der Waals surface area contributed by atoms with Crippen LogP contribution in [0.3, 0.4) is 0 Å². The van der Waals surface area contributed by atoms with Gasteiger partial charge in [-0.05, 0) is 30.2 Å². The smallest absolute Gasteiger partial charge is 0.257 e. The van der Waals surface area contributed by atoms with Crippen molar-refractivity contribution in [3.63, 3.8) is 0 Å². The number of halogens is 1. The van der Waals surface area contributed by atoms with Gasteiger partial charge in [-0.25, -0.2) is 0 Å². The highest BCUT2D eigenvalue weighted by atomic mass is 35.5. The lowest BCUT2D eigenvalue weighted by Crippen LogP contribution is -2.49. The summed E-state index contributed by atoms with van der Waals surface area (Å²) in [5.74, 6) is -0.462. The van der Waals surface area contributed by atoms with E-state index in [1.807, 2.05) is 6.07 Å². The van der Waals surface area contributed by atoms with Crippen molar-refractivity contribution in [3.05, 3.63) is 71.3 Å². The van der Waals surface area contributed by atoms with Crippen LogP contribution in [0.15, 0.2) is 54.6 Å². The molecule has 1 amide bonds. The number of ether oxygens (including phenoxy) is 1. The molecule has 4 nitrogen and oxygen atoms in total. The van der Waals surface area contributed by atoms with Gasteiger partial charge < -0.3 is 4.74 Å². The average molecular weight is 342 g/mol. The van der Waals surface area contributed by atoms with Gasteiger partial charge in [-0.15, -0.1) is 11.6 Å². The van der Waals surface area contributed by atoms with Crippen molar-refractivity contribution < 1.29 is 10.9 Å². The SMILES string of the molecule is [2H]C1(C#N)c2ccccc2C(Cl)C(OCC)N1C(=O)c1ccccc1. The molecule has 2 aromatic carbocycles. The number of amides is 1. The number of hydrogen-bond donors (Lipinski definition) is 0. The van der Waals surface area contributed by atoms with Crippen LogP contribution in [0, 0.1) is 11.3 Å². The molecule has 3 rings (SSSR count). The maximum atomic E-state index is 13.1. The van der Waals surface area contributed by atoms with Crippen molar-refractivity contribution in [3.8, 4) is 6.07 Å². The van der Waals surface area contributed by atoms with E-state index in [1.54, 1.807) is 61.5 Å². The molecule has 0 radical (unpaired) electrons. The highest BCUT2D eigenvalue weighted by Gasteiger charge is 2.43. The molecule has 3 unspecified atom stereocenters. The Bertz CT molecular complexity index is 824. The lowest BCUT2D eigenvalue weighted by atomic mass is 9.91.